The molecule has 33 heavy (non-hydrogen) atoms. The number of phenols is 1. The van der Waals surface area contributed by atoms with Crippen molar-refractivity contribution < 1.29 is 19.4 Å². The third kappa shape index (κ3) is 4.83. The fourth-order valence-corrected chi connectivity index (χ4v) is 3.00. The number of methoxy groups -OCH3 is 1. The van der Waals surface area contributed by atoms with Crippen LogP contribution >= 0.6 is 0 Å². The van der Waals surface area contributed by atoms with Crippen LogP contribution in [0.25, 0.3) is 5.69 Å². The second-order valence-corrected chi connectivity index (χ2v) is 6.70. The maximum atomic E-state index is 12.7. The van der Waals surface area contributed by atoms with Crippen molar-refractivity contribution >= 4 is 12.1 Å². The van der Waals surface area contributed by atoms with E-state index in [1.165, 1.54) is 20.2 Å². The van der Waals surface area contributed by atoms with Crippen molar-refractivity contribution in [2.24, 2.45) is 5.10 Å². The Morgan fingerprint density at radius 3 is 2.67 bits per heavy atom. The van der Waals surface area contributed by atoms with Crippen LogP contribution in [-0.2, 0) is 0 Å². The van der Waals surface area contributed by atoms with Gasteiger partial charge in [0.1, 0.15) is 17.4 Å². The summed E-state index contributed by atoms with van der Waals surface area (Å²) in [5, 5.41) is 27.6. The molecule has 10 heteroatoms. The van der Waals surface area contributed by atoms with Crippen LogP contribution < -0.4 is 20.5 Å². The highest BCUT2D eigenvalue weighted by Gasteiger charge is 2.20. The maximum Gasteiger partial charge on any atom is 0.292 e. The zero-order chi connectivity index (χ0) is 24.0. The van der Waals surface area contributed by atoms with Crippen molar-refractivity contribution in [1.82, 2.24) is 15.2 Å². The van der Waals surface area contributed by atoms with E-state index < -0.39 is 11.5 Å². The maximum absolute atomic E-state index is 12.7. The van der Waals surface area contributed by atoms with Crippen LogP contribution in [-0.4, -0.2) is 40.7 Å². The Balaban J connectivity index is 1.94. The van der Waals surface area contributed by atoms with Gasteiger partial charge in [0.25, 0.3) is 11.5 Å². The number of hydrazone groups is 1. The highest BCUT2D eigenvalue weighted by Crippen LogP contribution is 2.27. The van der Waals surface area contributed by atoms with E-state index in [1.807, 2.05) is 13.0 Å². The second kappa shape index (κ2) is 10.1. The van der Waals surface area contributed by atoms with Crippen molar-refractivity contribution in [1.29, 1.82) is 5.26 Å². The summed E-state index contributed by atoms with van der Waals surface area (Å²) in [6, 6.07) is 13.2. The lowest BCUT2D eigenvalue weighted by Crippen LogP contribution is -2.31. The van der Waals surface area contributed by atoms with Crippen LogP contribution in [0.1, 0.15) is 34.1 Å². The highest BCUT2D eigenvalue weighted by atomic mass is 16.5. The first-order valence-corrected chi connectivity index (χ1v) is 9.87. The largest absolute Gasteiger partial charge is 0.504 e. The fourth-order valence-electron chi connectivity index (χ4n) is 3.00. The zero-order valence-corrected chi connectivity index (χ0v) is 18.2. The van der Waals surface area contributed by atoms with Crippen LogP contribution in [0.3, 0.4) is 0 Å². The number of hydrogen-bond donors (Lipinski definition) is 2. The van der Waals surface area contributed by atoms with E-state index in [9.17, 15) is 20.0 Å². The SMILES string of the molecule is CCOc1ccc(-n2nc(C(=O)N/N=C/c3cccc(OC)c3O)c(C)c(C#N)c2=O)cc1. The Morgan fingerprint density at radius 1 is 1.30 bits per heavy atom. The van der Waals surface area contributed by atoms with Crippen molar-refractivity contribution in [2.75, 3.05) is 13.7 Å². The van der Waals surface area contributed by atoms with E-state index in [0.29, 0.717) is 23.6 Å². The van der Waals surface area contributed by atoms with E-state index >= 15 is 0 Å². The molecule has 0 aliphatic rings. The normalized spacial score (nSPS) is 10.6. The molecule has 0 spiro atoms. The number of amides is 1. The summed E-state index contributed by atoms with van der Waals surface area (Å²) in [7, 11) is 1.41. The monoisotopic (exact) mass is 447 g/mol. The summed E-state index contributed by atoms with van der Waals surface area (Å²) < 4.78 is 11.4. The lowest BCUT2D eigenvalue weighted by molar-refractivity contribution is 0.0947. The number of carbonyl (C=O) groups is 1. The van der Waals surface area contributed by atoms with Gasteiger partial charge in [-0.2, -0.15) is 20.1 Å². The minimum absolute atomic E-state index is 0.126. The number of aromatic hydroxyl groups is 1. The van der Waals surface area contributed by atoms with Crippen molar-refractivity contribution in [3.8, 4) is 29.0 Å². The molecule has 3 rings (SSSR count). The van der Waals surface area contributed by atoms with Crippen molar-refractivity contribution in [3.05, 3.63) is 75.2 Å². The van der Waals surface area contributed by atoms with Crippen LogP contribution in [0.4, 0.5) is 0 Å². The quantitative estimate of drug-likeness (QED) is 0.418. The summed E-state index contributed by atoms with van der Waals surface area (Å²) in [5.74, 6) is -0.00987. The third-order valence-corrected chi connectivity index (χ3v) is 4.68. The lowest BCUT2D eigenvalue weighted by atomic mass is 10.1. The predicted octanol–water partition coefficient (Wildman–Crippen LogP) is 2.29. The van der Waals surface area contributed by atoms with Gasteiger partial charge in [0, 0.05) is 11.1 Å². The minimum Gasteiger partial charge on any atom is -0.504 e. The number of carbonyl (C=O) groups excluding carboxylic acids is 1. The van der Waals surface area contributed by atoms with Gasteiger partial charge in [-0.25, -0.2) is 5.43 Å². The molecule has 3 aromatic rings. The van der Waals surface area contributed by atoms with Crippen LogP contribution in [0.5, 0.6) is 17.2 Å². The zero-order valence-electron chi connectivity index (χ0n) is 18.2. The van der Waals surface area contributed by atoms with E-state index in [-0.39, 0.29) is 28.3 Å². The Morgan fingerprint density at radius 2 is 2.03 bits per heavy atom. The average Bonchev–Trinajstić information content (AvgIpc) is 2.81. The lowest BCUT2D eigenvalue weighted by Gasteiger charge is -2.11. The molecule has 2 N–H and O–H groups in total. The van der Waals surface area contributed by atoms with Crippen LogP contribution in [0.2, 0.25) is 0 Å². The molecule has 0 bridgehead atoms. The van der Waals surface area contributed by atoms with Crippen LogP contribution in [0, 0.1) is 18.3 Å². The number of para-hydroxylation sites is 1. The smallest absolute Gasteiger partial charge is 0.292 e. The topological polar surface area (TPSA) is 139 Å². The number of benzene rings is 2. The molecule has 0 aliphatic carbocycles. The van der Waals surface area contributed by atoms with Gasteiger partial charge >= 0.3 is 0 Å². The van der Waals surface area contributed by atoms with Gasteiger partial charge in [0.2, 0.25) is 0 Å². The Bertz CT molecular complexity index is 1310. The van der Waals surface area contributed by atoms with E-state index in [1.54, 1.807) is 42.5 Å². The van der Waals surface area contributed by atoms with E-state index in [2.05, 4.69) is 15.6 Å². The van der Waals surface area contributed by atoms with Gasteiger partial charge < -0.3 is 14.6 Å². The highest BCUT2D eigenvalue weighted by molar-refractivity contribution is 5.95. The number of hydrogen-bond acceptors (Lipinski definition) is 8. The fraction of sp³-hybridized carbons (Fsp3) is 0.174. The number of nitriles is 1. The third-order valence-electron chi connectivity index (χ3n) is 4.68. The first-order valence-electron chi connectivity index (χ1n) is 9.87. The number of aromatic nitrogens is 2. The molecule has 1 amide bonds. The van der Waals surface area contributed by atoms with E-state index in [4.69, 9.17) is 9.47 Å². The van der Waals surface area contributed by atoms with Gasteiger partial charge in [0.15, 0.2) is 17.2 Å². The number of nitrogens with one attached hydrogen (secondary N) is 1. The molecule has 10 nitrogen and oxygen atoms in total. The predicted molar refractivity (Wildman–Crippen MR) is 120 cm³/mol. The van der Waals surface area contributed by atoms with Gasteiger partial charge in [-0.1, -0.05) is 6.07 Å². The van der Waals surface area contributed by atoms with Gasteiger partial charge in [-0.15, -0.1) is 0 Å². The van der Waals surface area contributed by atoms with Gasteiger partial charge in [-0.3, -0.25) is 9.59 Å². The number of ether oxygens (including phenoxy) is 2. The molecule has 0 saturated carbocycles. The number of nitrogens with zero attached hydrogens (tertiary/aromatic N) is 4. The van der Waals surface area contributed by atoms with Crippen LogP contribution in [0.15, 0.2) is 52.4 Å². The molecule has 0 unspecified atom stereocenters. The molecule has 1 heterocycles. The summed E-state index contributed by atoms with van der Waals surface area (Å²) in [6.45, 7) is 3.79. The first-order chi connectivity index (χ1) is 15.9. The number of phenolic OH excluding ortho intramolecular Hbond substituents is 1. The van der Waals surface area contributed by atoms with Crippen molar-refractivity contribution in [3.63, 3.8) is 0 Å². The molecule has 2 aromatic carbocycles. The molecule has 0 fully saturated rings. The van der Waals surface area contributed by atoms with Gasteiger partial charge in [-0.05, 0) is 50.2 Å². The van der Waals surface area contributed by atoms with Gasteiger partial charge in [0.05, 0.1) is 25.6 Å². The molecule has 168 valence electrons. The number of rotatable bonds is 7. The molecule has 1 aromatic heterocycles. The van der Waals surface area contributed by atoms with Crippen molar-refractivity contribution in [2.45, 2.75) is 13.8 Å². The molecule has 0 saturated heterocycles. The Labute approximate surface area is 189 Å². The molecule has 0 radical (unpaired) electrons. The summed E-state index contributed by atoms with van der Waals surface area (Å²) >= 11 is 0. The average molecular weight is 447 g/mol. The molecule has 0 atom stereocenters. The molecular weight excluding hydrogens is 426 g/mol. The summed E-state index contributed by atoms with van der Waals surface area (Å²) in [5.41, 5.74) is 2.09. The first kappa shape index (κ1) is 23.0. The standard InChI is InChI=1S/C23H21N5O5/c1-4-33-17-10-8-16(9-11-17)28-23(31)18(12-24)14(2)20(27-28)22(30)26-25-13-15-6-5-7-19(32-3)21(15)29/h5-11,13,29H,4H2,1-3H3,(H,26,30)/b25-13+. The van der Waals surface area contributed by atoms with E-state index in [0.717, 1.165) is 4.68 Å². The second-order valence-electron chi connectivity index (χ2n) is 6.70. The Hall–Kier alpha value is -4.65. The summed E-state index contributed by atoms with van der Waals surface area (Å²) in [6.07, 6.45) is 1.23. The minimum atomic E-state index is -0.734. The summed E-state index contributed by atoms with van der Waals surface area (Å²) in [4.78, 5) is 25.5. The Kier molecular flexibility index (Phi) is 7.05. The molecular formula is C23H21N5O5. The molecule has 0 aliphatic heterocycles.